The molecule has 1 aromatic rings. The topological polar surface area (TPSA) is 39.1 Å². The first-order valence-corrected chi connectivity index (χ1v) is 7.11. The number of nitriles is 1. The number of rotatable bonds is 8. The van der Waals surface area contributed by atoms with Gasteiger partial charge in [-0.3, -0.25) is 0 Å². The van der Waals surface area contributed by atoms with Gasteiger partial charge in [-0.15, -0.1) is 0 Å². The maximum Gasteiger partial charge on any atom is 0.0837 e. The highest BCUT2D eigenvalue weighted by Gasteiger charge is 2.12. The van der Waals surface area contributed by atoms with Crippen LogP contribution < -0.4 is 5.32 Å². The van der Waals surface area contributed by atoms with E-state index in [-0.39, 0.29) is 5.92 Å². The van der Waals surface area contributed by atoms with Crippen molar-refractivity contribution >= 4 is 0 Å². The maximum atomic E-state index is 9.27. The molecule has 1 rings (SSSR count). The van der Waals surface area contributed by atoms with E-state index in [1.807, 2.05) is 30.3 Å². The van der Waals surface area contributed by atoms with Gasteiger partial charge < -0.3 is 10.2 Å². The minimum Gasteiger partial charge on any atom is -0.311 e. The summed E-state index contributed by atoms with van der Waals surface area (Å²) in [5.41, 5.74) is 1.09. The predicted octanol–water partition coefficient (Wildman–Crippen LogP) is 2.61. The molecule has 2 unspecified atom stereocenters. The highest BCUT2D eigenvalue weighted by molar-refractivity contribution is 5.25. The van der Waals surface area contributed by atoms with Crippen molar-refractivity contribution in [3.8, 4) is 6.07 Å². The van der Waals surface area contributed by atoms with Gasteiger partial charge in [0.05, 0.1) is 12.0 Å². The van der Waals surface area contributed by atoms with Gasteiger partial charge in [0.1, 0.15) is 0 Å². The van der Waals surface area contributed by atoms with Gasteiger partial charge in [-0.2, -0.15) is 5.26 Å². The Labute approximate surface area is 117 Å². The fourth-order valence-electron chi connectivity index (χ4n) is 2.18. The normalized spacial score (nSPS) is 14.1. The molecule has 0 aliphatic heterocycles. The molecule has 1 N–H and O–H groups in total. The van der Waals surface area contributed by atoms with E-state index in [1.54, 1.807) is 0 Å². The molecule has 0 radical (unpaired) electrons. The molecular weight excluding hydrogens is 234 g/mol. The zero-order valence-corrected chi connectivity index (χ0v) is 12.3. The molecule has 104 valence electrons. The summed E-state index contributed by atoms with van der Waals surface area (Å²) in [4.78, 5) is 2.39. The van der Waals surface area contributed by atoms with Crippen LogP contribution in [0, 0.1) is 11.3 Å². The van der Waals surface area contributed by atoms with Crippen molar-refractivity contribution in [2.45, 2.75) is 32.7 Å². The molecule has 0 aromatic heterocycles. The van der Waals surface area contributed by atoms with Crippen molar-refractivity contribution in [3.63, 3.8) is 0 Å². The Bertz CT molecular complexity index is 379. The van der Waals surface area contributed by atoms with Gasteiger partial charge in [0.25, 0.3) is 0 Å². The van der Waals surface area contributed by atoms with Crippen LogP contribution in [0.2, 0.25) is 0 Å². The minimum atomic E-state index is -0.0691. The van der Waals surface area contributed by atoms with Gasteiger partial charge in [0, 0.05) is 19.1 Å². The van der Waals surface area contributed by atoms with Gasteiger partial charge in [-0.1, -0.05) is 44.2 Å². The summed E-state index contributed by atoms with van der Waals surface area (Å²) in [6, 6.07) is 12.8. The number of likely N-dealkylation sites (N-methyl/N-ethyl adjacent to an activating group) is 1. The minimum absolute atomic E-state index is 0.0691. The van der Waals surface area contributed by atoms with Gasteiger partial charge >= 0.3 is 0 Å². The van der Waals surface area contributed by atoms with Crippen LogP contribution in [0.15, 0.2) is 30.3 Å². The summed E-state index contributed by atoms with van der Waals surface area (Å²) in [6.45, 7) is 10.4. The lowest BCUT2D eigenvalue weighted by Crippen LogP contribution is -2.40. The fourth-order valence-corrected chi connectivity index (χ4v) is 2.18. The molecule has 0 bridgehead atoms. The van der Waals surface area contributed by atoms with Gasteiger partial charge in [-0.25, -0.2) is 0 Å². The number of hydrogen-bond acceptors (Lipinski definition) is 3. The lowest BCUT2D eigenvalue weighted by Gasteiger charge is -2.24. The monoisotopic (exact) mass is 259 g/mol. The van der Waals surface area contributed by atoms with Crippen LogP contribution in [0.5, 0.6) is 0 Å². The molecular formula is C16H25N3. The second-order valence-corrected chi connectivity index (χ2v) is 4.89. The fraction of sp³-hybridized carbons (Fsp3) is 0.562. The molecule has 2 atom stereocenters. The molecule has 0 saturated heterocycles. The molecule has 0 fully saturated rings. The molecule has 0 heterocycles. The zero-order chi connectivity index (χ0) is 14.1. The molecule has 0 spiro atoms. The Morgan fingerprint density at radius 3 is 2.37 bits per heavy atom. The molecule has 19 heavy (non-hydrogen) atoms. The van der Waals surface area contributed by atoms with E-state index in [1.165, 1.54) is 0 Å². The van der Waals surface area contributed by atoms with Crippen molar-refractivity contribution in [1.82, 2.24) is 10.2 Å². The highest BCUT2D eigenvalue weighted by Crippen LogP contribution is 2.13. The standard InChI is InChI=1S/C16H25N3/c1-4-19(5-2)13-14(3)18-12-16(11-17)15-9-7-6-8-10-15/h6-10,14,16,18H,4-5,12-13H2,1-3H3. The van der Waals surface area contributed by atoms with Crippen molar-refractivity contribution in [3.05, 3.63) is 35.9 Å². The molecule has 0 aliphatic rings. The van der Waals surface area contributed by atoms with Crippen LogP contribution in [0.3, 0.4) is 0 Å². The summed E-state index contributed by atoms with van der Waals surface area (Å²) < 4.78 is 0. The third-order valence-corrected chi connectivity index (χ3v) is 3.45. The number of nitrogens with zero attached hydrogens (tertiary/aromatic N) is 2. The third kappa shape index (κ3) is 5.42. The average molecular weight is 259 g/mol. The maximum absolute atomic E-state index is 9.27. The summed E-state index contributed by atoms with van der Waals surface area (Å²) in [5, 5.41) is 12.7. The van der Waals surface area contributed by atoms with Crippen molar-refractivity contribution in [2.24, 2.45) is 0 Å². The van der Waals surface area contributed by atoms with Gasteiger partial charge in [-0.05, 0) is 25.6 Å². The number of benzene rings is 1. The summed E-state index contributed by atoms with van der Waals surface area (Å²) >= 11 is 0. The van der Waals surface area contributed by atoms with Crippen LogP contribution >= 0.6 is 0 Å². The summed E-state index contributed by atoms with van der Waals surface area (Å²) in [7, 11) is 0. The summed E-state index contributed by atoms with van der Waals surface area (Å²) in [5.74, 6) is -0.0691. The predicted molar refractivity (Wildman–Crippen MR) is 80.0 cm³/mol. The van der Waals surface area contributed by atoms with Crippen LogP contribution in [-0.2, 0) is 0 Å². The van der Waals surface area contributed by atoms with Crippen molar-refractivity contribution < 1.29 is 0 Å². The lowest BCUT2D eigenvalue weighted by atomic mass is 10.0. The molecule has 0 aliphatic carbocycles. The molecule has 0 amide bonds. The van der Waals surface area contributed by atoms with Crippen LogP contribution in [-0.4, -0.2) is 37.1 Å². The van der Waals surface area contributed by atoms with E-state index in [4.69, 9.17) is 0 Å². The molecule has 3 heteroatoms. The number of hydrogen-bond donors (Lipinski definition) is 1. The first-order chi connectivity index (χ1) is 9.21. The van der Waals surface area contributed by atoms with E-state index in [0.717, 1.165) is 25.2 Å². The SMILES string of the molecule is CCN(CC)CC(C)NCC(C#N)c1ccccc1. The molecule has 0 saturated carbocycles. The third-order valence-electron chi connectivity index (χ3n) is 3.45. The molecule has 3 nitrogen and oxygen atoms in total. The van der Waals surface area contributed by atoms with Crippen molar-refractivity contribution in [2.75, 3.05) is 26.2 Å². The highest BCUT2D eigenvalue weighted by atomic mass is 15.1. The van der Waals surface area contributed by atoms with Gasteiger partial charge in [0.15, 0.2) is 0 Å². The van der Waals surface area contributed by atoms with E-state index in [0.29, 0.717) is 12.6 Å². The van der Waals surface area contributed by atoms with E-state index in [2.05, 4.69) is 37.1 Å². The van der Waals surface area contributed by atoms with Crippen molar-refractivity contribution in [1.29, 1.82) is 5.26 Å². The Morgan fingerprint density at radius 2 is 1.84 bits per heavy atom. The lowest BCUT2D eigenvalue weighted by molar-refractivity contribution is 0.271. The quantitative estimate of drug-likeness (QED) is 0.780. The Kier molecular flexibility index (Phi) is 7.17. The zero-order valence-electron chi connectivity index (χ0n) is 12.3. The second kappa shape index (κ2) is 8.68. The van der Waals surface area contributed by atoms with Crippen LogP contribution in [0.4, 0.5) is 0 Å². The van der Waals surface area contributed by atoms with Crippen LogP contribution in [0.1, 0.15) is 32.3 Å². The Morgan fingerprint density at radius 1 is 1.21 bits per heavy atom. The largest absolute Gasteiger partial charge is 0.311 e. The van der Waals surface area contributed by atoms with Crippen LogP contribution in [0.25, 0.3) is 0 Å². The van der Waals surface area contributed by atoms with E-state index >= 15 is 0 Å². The number of nitrogens with one attached hydrogen (secondary N) is 1. The van der Waals surface area contributed by atoms with Gasteiger partial charge in [0.2, 0.25) is 0 Å². The Hall–Kier alpha value is -1.37. The first kappa shape index (κ1) is 15.7. The first-order valence-electron chi connectivity index (χ1n) is 7.11. The van der Waals surface area contributed by atoms with E-state index in [9.17, 15) is 5.26 Å². The molecule has 1 aromatic carbocycles. The Balaban J connectivity index is 2.44. The second-order valence-electron chi connectivity index (χ2n) is 4.89. The summed E-state index contributed by atoms with van der Waals surface area (Å²) in [6.07, 6.45) is 0. The smallest absolute Gasteiger partial charge is 0.0837 e. The van der Waals surface area contributed by atoms with E-state index < -0.39 is 0 Å². The average Bonchev–Trinajstić information content (AvgIpc) is 2.46.